The van der Waals surface area contributed by atoms with Crippen LogP contribution in [-0.4, -0.2) is 35.6 Å². The normalized spacial score (nSPS) is 12.5. The molecule has 1 amide bonds. The smallest absolute Gasteiger partial charge is 0.328 e. The highest BCUT2D eigenvalue weighted by atomic mass is 16.5. The zero-order chi connectivity index (χ0) is 13.4. The summed E-state index contributed by atoms with van der Waals surface area (Å²) in [7, 11) is 0. The second-order valence-corrected chi connectivity index (χ2v) is 3.65. The van der Waals surface area contributed by atoms with Crippen LogP contribution in [0.25, 0.3) is 0 Å². The first-order valence-corrected chi connectivity index (χ1v) is 5.26. The Morgan fingerprint density at radius 1 is 1.29 bits per heavy atom. The zero-order valence-corrected chi connectivity index (χ0v) is 10.1. The number of hydrogen-bond donors (Lipinski definition) is 2. The van der Waals surface area contributed by atoms with Crippen LogP contribution >= 0.6 is 0 Å². The summed E-state index contributed by atoms with van der Waals surface area (Å²) in [6.07, 6.45) is 1.56. The molecule has 0 aromatic heterocycles. The minimum absolute atomic E-state index is 0.142. The summed E-state index contributed by atoms with van der Waals surface area (Å²) in [5.41, 5.74) is 0. The van der Waals surface area contributed by atoms with Gasteiger partial charge < -0.3 is 15.2 Å². The summed E-state index contributed by atoms with van der Waals surface area (Å²) in [5.74, 6) is -2.53. The molecule has 0 saturated heterocycles. The number of carbonyl (C=O) groups is 3. The van der Waals surface area contributed by atoms with Gasteiger partial charge in [0.05, 0.1) is 6.61 Å². The lowest BCUT2D eigenvalue weighted by molar-refractivity contribution is -0.148. The summed E-state index contributed by atoms with van der Waals surface area (Å²) in [6.45, 7) is 5.40. The van der Waals surface area contributed by atoms with E-state index in [1.807, 2.05) is 0 Å². The van der Waals surface area contributed by atoms with E-state index < -0.39 is 23.9 Å². The van der Waals surface area contributed by atoms with Crippen molar-refractivity contribution in [3.05, 3.63) is 12.2 Å². The van der Waals surface area contributed by atoms with Crippen molar-refractivity contribution in [1.29, 1.82) is 0 Å². The van der Waals surface area contributed by atoms with Crippen molar-refractivity contribution < 1.29 is 24.2 Å². The van der Waals surface area contributed by atoms with E-state index in [0.717, 1.165) is 6.08 Å². The summed E-state index contributed by atoms with van der Waals surface area (Å²) in [5, 5.41) is 10.7. The van der Waals surface area contributed by atoms with E-state index in [1.54, 1.807) is 20.8 Å². The molecule has 0 unspecified atom stereocenters. The number of carboxylic acids is 1. The Balaban J connectivity index is 4.50. The van der Waals surface area contributed by atoms with Gasteiger partial charge in [-0.15, -0.1) is 0 Å². The molecule has 0 spiro atoms. The Morgan fingerprint density at radius 2 is 1.88 bits per heavy atom. The first-order valence-electron chi connectivity index (χ1n) is 5.26. The molecule has 0 aliphatic heterocycles. The quantitative estimate of drug-likeness (QED) is 0.518. The Morgan fingerprint density at radius 3 is 2.29 bits per heavy atom. The lowest BCUT2D eigenvalue weighted by atomic mass is 10.0. The average Bonchev–Trinajstić information content (AvgIpc) is 2.22. The van der Waals surface area contributed by atoms with Crippen LogP contribution in [-0.2, 0) is 19.1 Å². The third-order valence-electron chi connectivity index (χ3n) is 1.88. The Hall–Kier alpha value is -1.85. The summed E-state index contributed by atoms with van der Waals surface area (Å²) < 4.78 is 4.80. The van der Waals surface area contributed by atoms with Gasteiger partial charge in [0.15, 0.2) is 0 Å². The Bertz CT molecular complexity index is 322. The van der Waals surface area contributed by atoms with Crippen molar-refractivity contribution in [2.24, 2.45) is 5.92 Å². The number of amides is 1. The van der Waals surface area contributed by atoms with Gasteiger partial charge >= 0.3 is 11.9 Å². The molecule has 0 aromatic rings. The predicted molar refractivity (Wildman–Crippen MR) is 60.2 cm³/mol. The largest absolute Gasteiger partial charge is 0.478 e. The SMILES string of the molecule is CCOC(=O)[C@H](NC(=O)/C=C/C(=O)O)C(C)C. The van der Waals surface area contributed by atoms with Gasteiger partial charge in [-0.2, -0.15) is 0 Å². The van der Waals surface area contributed by atoms with E-state index in [2.05, 4.69) is 5.32 Å². The van der Waals surface area contributed by atoms with E-state index in [1.165, 1.54) is 0 Å². The molecule has 17 heavy (non-hydrogen) atoms. The first-order chi connectivity index (χ1) is 7.88. The van der Waals surface area contributed by atoms with Crippen LogP contribution < -0.4 is 5.32 Å². The lowest BCUT2D eigenvalue weighted by Crippen LogP contribution is -2.44. The number of aliphatic carboxylic acids is 1. The van der Waals surface area contributed by atoms with Crippen LogP contribution in [0.1, 0.15) is 20.8 Å². The number of carboxylic acid groups (broad SMARTS) is 1. The third kappa shape index (κ3) is 6.34. The zero-order valence-electron chi connectivity index (χ0n) is 10.1. The van der Waals surface area contributed by atoms with E-state index >= 15 is 0 Å². The molecule has 2 N–H and O–H groups in total. The molecule has 0 radical (unpaired) electrons. The van der Waals surface area contributed by atoms with Gasteiger partial charge in [-0.3, -0.25) is 4.79 Å². The number of ether oxygens (including phenoxy) is 1. The molecule has 0 heterocycles. The van der Waals surface area contributed by atoms with E-state index in [-0.39, 0.29) is 12.5 Å². The standard InChI is InChI=1S/C11H17NO5/c1-4-17-11(16)10(7(2)3)12-8(13)5-6-9(14)15/h5-7,10H,4H2,1-3H3,(H,12,13)(H,14,15)/b6-5+/t10-/m1/s1. The van der Waals surface area contributed by atoms with E-state index in [0.29, 0.717) is 6.08 Å². The van der Waals surface area contributed by atoms with Gasteiger partial charge in [0.1, 0.15) is 6.04 Å². The fourth-order valence-electron chi connectivity index (χ4n) is 1.08. The van der Waals surface area contributed by atoms with Crippen molar-refractivity contribution >= 4 is 17.8 Å². The van der Waals surface area contributed by atoms with Crippen LogP contribution in [0.15, 0.2) is 12.2 Å². The molecule has 1 atom stereocenters. The molecule has 6 nitrogen and oxygen atoms in total. The molecule has 0 saturated carbocycles. The van der Waals surface area contributed by atoms with Crippen LogP contribution in [0.5, 0.6) is 0 Å². The second kappa shape index (κ2) is 7.43. The lowest BCUT2D eigenvalue weighted by Gasteiger charge is -2.19. The maximum absolute atomic E-state index is 11.5. The minimum Gasteiger partial charge on any atom is -0.478 e. The number of rotatable bonds is 6. The van der Waals surface area contributed by atoms with Crippen LogP contribution in [0.3, 0.4) is 0 Å². The molecule has 96 valence electrons. The highest BCUT2D eigenvalue weighted by Crippen LogP contribution is 2.04. The molecule has 0 aromatic carbocycles. The molecular weight excluding hydrogens is 226 g/mol. The van der Waals surface area contributed by atoms with Gasteiger partial charge in [-0.25, -0.2) is 9.59 Å². The minimum atomic E-state index is -1.22. The van der Waals surface area contributed by atoms with Gasteiger partial charge in [0, 0.05) is 12.2 Å². The van der Waals surface area contributed by atoms with Crippen LogP contribution in [0, 0.1) is 5.92 Å². The summed E-state index contributed by atoms with van der Waals surface area (Å²) in [6, 6.07) is -0.777. The molecular formula is C11H17NO5. The maximum Gasteiger partial charge on any atom is 0.328 e. The third-order valence-corrected chi connectivity index (χ3v) is 1.88. The highest BCUT2D eigenvalue weighted by Gasteiger charge is 2.24. The van der Waals surface area contributed by atoms with E-state index in [4.69, 9.17) is 9.84 Å². The molecule has 6 heteroatoms. The number of carbonyl (C=O) groups excluding carboxylic acids is 2. The topological polar surface area (TPSA) is 92.7 Å². The maximum atomic E-state index is 11.5. The van der Waals surface area contributed by atoms with E-state index in [9.17, 15) is 14.4 Å². The van der Waals surface area contributed by atoms with Gasteiger partial charge in [-0.05, 0) is 12.8 Å². The summed E-state index contributed by atoms with van der Waals surface area (Å²) >= 11 is 0. The van der Waals surface area contributed by atoms with Crippen molar-refractivity contribution in [2.45, 2.75) is 26.8 Å². The molecule has 0 fully saturated rings. The van der Waals surface area contributed by atoms with Gasteiger partial charge in [0.25, 0.3) is 0 Å². The fourth-order valence-corrected chi connectivity index (χ4v) is 1.08. The van der Waals surface area contributed by atoms with Crippen LogP contribution in [0.4, 0.5) is 0 Å². The molecule has 0 bridgehead atoms. The molecule has 0 rings (SSSR count). The molecule has 0 aliphatic carbocycles. The van der Waals surface area contributed by atoms with Crippen molar-refractivity contribution in [1.82, 2.24) is 5.32 Å². The van der Waals surface area contributed by atoms with Crippen molar-refractivity contribution in [3.8, 4) is 0 Å². The fraction of sp³-hybridized carbons (Fsp3) is 0.545. The predicted octanol–water partition coefficient (Wildman–Crippen LogP) is 0.331. The number of esters is 1. The number of hydrogen-bond acceptors (Lipinski definition) is 4. The highest BCUT2D eigenvalue weighted by molar-refractivity contribution is 5.95. The van der Waals surface area contributed by atoms with Crippen molar-refractivity contribution in [3.63, 3.8) is 0 Å². The second-order valence-electron chi connectivity index (χ2n) is 3.65. The summed E-state index contributed by atoms with van der Waals surface area (Å²) in [4.78, 5) is 33.0. The Kier molecular flexibility index (Phi) is 6.62. The van der Waals surface area contributed by atoms with Crippen molar-refractivity contribution in [2.75, 3.05) is 6.61 Å². The molecule has 0 aliphatic rings. The van der Waals surface area contributed by atoms with Crippen LogP contribution in [0.2, 0.25) is 0 Å². The average molecular weight is 243 g/mol. The van der Waals surface area contributed by atoms with Gasteiger partial charge in [0.2, 0.25) is 5.91 Å². The Labute approximate surface area is 99.6 Å². The monoisotopic (exact) mass is 243 g/mol. The van der Waals surface area contributed by atoms with Gasteiger partial charge in [-0.1, -0.05) is 13.8 Å². The number of nitrogens with one attached hydrogen (secondary N) is 1. The first kappa shape index (κ1) is 15.2.